The third-order valence-corrected chi connectivity index (χ3v) is 7.01. The van der Waals surface area contributed by atoms with Crippen LogP contribution >= 0.6 is 0 Å². The average Bonchev–Trinajstić information content (AvgIpc) is 2.84. The van der Waals surface area contributed by atoms with Gasteiger partial charge >= 0.3 is 0 Å². The Kier molecular flexibility index (Phi) is 7.56. The van der Waals surface area contributed by atoms with Crippen LogP contribution in [0.2, 0.25) is 0 Å². The van der Waals surface area contributed by atoms with Crippen molar-refractivity contribution in [2.45, 2.75) is 73.4 Å². The SMILES string of the molecule is C=C(C)c1c(CC)cccc1Nc1nc(Nc2cc3c(cc2CC)CN(C(C)C)CC3)ncc1C. The molecule has 1 aromatic heterocycles. The van der Waals surface area contributed by atoms with Crippen molar-refractivity contribution in [2.75, 3.05) is 17.2 Å². The number of nitrogens with one attached hydrogen (secondary N) is 2. The number of benzene rings is 2. The molecule has 4 rings (SSSR count). The van der Waals surface area contributed by atoms with E-state index in [-0.39, 0.29) is 0 Å². The molecule has 184 valence electrons. The first kappa shape index (κ1) is 24.9. The van der Waals surface area contributed by atoms with E-state index in [0.29, 0.717) is 12.0 Å². The molecule has 2 N–H and O–H groups in total. The minimum atomic E-state index is 0.571. The summed E-state index contributed by atoms with van der Waals surface area (Å²) in [5, 5.41) is 7.09. The Hall–Kier alpha value is -3.18. The van der Waals surface area contributed by atoms with Gasteiger partial charge in [0.15, 0.2) is 0 Å². The van der Waals surface area contributed by atoms with E-state index in [0.717, 1.165) is 60.7 Å². The van der Waals surface area contributed by atoms with E-state index in [1.54, 1.807) is 0 Å². The number of hydrogen-bond acceptors (Lipinski definition) is 5. The molecule has 1 aliphatic heterocycles. The largest absolute Gasteiger partial charge is 0.339 e. The van der Waals surface area contributed by atoms with Crippen molar-refractivity contribution in [2.24, 2.45) is 0 Å². The van der Waals surface area contributed by atoms with Crippen LogP contribution < -0.4 is 10.6 Å². The summed E-state index contributed by atoms with van der Waals surface area (Å²) in [5.41, 5.74) is 10.8. The summed E-state index contributed by atoms with van der Waals surface area (Å²) in [5.74, 6) is 1.41. The molecule has 0 unspecified atom stereocenters. The second-order valence-corrected chi connectivity index (χ2v) is 9.89. The summed E-state index contributed by atoms with van der Waals surface area (Å²) in [7, 11) is 0. The van der Waals surface area contributed by atoms with Crippen LogP contribution in [0.5, 0.6) is 0 Å². The molecule has 0 saturated heterocycles. The standard InChI is InChI=1S/C30H39N5/c1-8-22-11-10-12-26(28(22)19(3)4)32-29-21(7)17-31-30(34-29)33-27-16-24-13-14-35(20(5)6)18-25(24)15-23(27)9-2/h10-12,15-17,20H,3,8-9,13-14,18H2,1-2,4-7H3,(H2,31,32,33,34). The number of allylic oxidation sites excluding steroid dienone is 1. The van der Waals surface area contributed by atoms with Gasteiger partial charge in [0, 0.05) is 47.8 Å². The summed E-state index contributed by atoms with van der Waals surface area (Å²) in [6.07, 6.45) is 4.87. The van der Waals surface area contributed by atoms with Gasteiger partial charge in [-0.15, -0.1) is 0 Å². The zero-order chi connectivity index (χ0) is 25.1. The molecule has 0 bridgehead atoms. The molecule has 0 atom stereocenters. The third-order valence-electron chi connectivity index (χ3n) is 7.01. The summed E-state index contributed by atoms with van der Waals surface area (Å²) in [4.78, 5) is 12.0. The van der Waals surface area contributed by atoms with Crippen molar-refractivity contribution < 1.29 is 0 Å². The third kappa shape index (κ3) is 5.40. The van der Waals surface area contributed by atoms with Crippen LogP contribution in [0.4, 0.5) is 23.1 Å². The van der Waals surface area contributed by atoms with Gasteiger partial charge < -0.3 is 10.6 Å². The summed E-state index contributed by atoms with van der Waals surface area (Å²) >= 11 is 0. The fraction of sp³-hybridized carbons (Fsp3) is 0.400. The lowest BCUT2D eigenvalue weighted by Gasteiger charge is -2.32. The molecular formula is C30H39N5. The molecule has 1 aliphatic rings. The van der Waals surface area contributed by atoms with Gasteiger partial charge in [-0.05, 0) is 86.9 Å². The highest BCUT2D eigenvalue weighted by atomic mass is 15.2. The Morgan fingerprint density at radius 3 is 2.51 bits per heavy atom. The first-order valence-electron chi connectivity index (χ1n) is 12.8. The number of nitrogens with zero attached hydrogens (tertiary/aromatic N) is 3. The molecule has 5 heteroatoms. The van der Waals surface area contributed by atoms with Gasteiger partial charge in [0.25, 0.3) is 0 Å². The van der Waals surface area contributed by atoms with Gasteiger partial charge in [-0.25, -0.2) is 4.98 Å². The highest BCUT2D eigenvalue weighted by molar-refractivity contribution is 5.79. The van der Waals surface area contributed by atoms with Crippen LogP contribution in [0.1, 0.15) is 68.0 Å². The van der Waals surface area contributed by atoms with Crippen molar-refractivity contribution in [1.82, 2.24) is 14.9 Å². The first-order chi connectivity index (χ1) is 16.8. The lowest BCUT2D eigenvalue weighted by molar-refractivity contribution is 0.203. The predicted octanol–water partition coefficient (Wildman–Crippen LogP) is 7.20. The number of aromatic nitrogens is 2. The number of fused-ring (bicyclic) bond motifs is 1. The summed E-state index contributed by atoms with van der Waals surface area (Å²) in [6.45, 7) is 19.4. The highest BCUT2D eigenvalue weighted by Gasteiger charge is 2.20. The van der Waals surface area contributed by atoms with Gasteiger partial charge in [-0.2, -0.15) is 4.98 Å². The number of aryl methyl sites for hydroxylation is 3. The van der Waals surface area contributed by atoms with E-state index in [1.807, 2.05) is 13.1 Å². The topological polar surface area (TPSA) is 53.1 Å². The molecule has 0 spiro atoms. The van der Waals surface area contributed by atoms with Crippen LogP contribution in [0.25, 0.3) is 5.57 Å². The van der Waals surface area contributed by atoms with Crippen molar-refractivity contribution in [1.29, 1.82) is 0 Å². The van der Waals surface area contributed by atoms with Gasteiger partial charge in [0.2, 0.25) is 5.95 Å². The molecule has 0 radical (unpaired) electrons. The van der Waals surface area contributed by atoms with Crippen molar-refractivity contribution in [3.05, 3.63) is 76.5 Å². The van der Waals surface area contributed by atoms with E-state index in [1.165, 1.54) is 27.8 Å². The molecule has 3 aromatic rings. The normalized spacial score (nSPS) is 13.6. The fourth-order valence-electron chi connectivity index (χ4n) is 4.91. The first-order valence-corrected chi connectivity index (χ1v) is 12.8. The van der Waals surface area contributed by atoms with Crippen LogP contribution in [0.3, 0.4) is 0 Å². The van der Waals surface area contributed by atoms with Gasteiger partial charge in [-0.3, -0.25) is 4.90 Å². The molecule has 35 heavy (non-hydrogen) atoms. The van der Waals surface area contributed by atoms with Crippen molar-refractivity contribution in [3.63, 3.8) is 0 Å². The molecule has 0 aliphatic carbocycles. The molecule has 2 aromatic carbocycles. The Labute approximate surface area is 210 Å². The minimum Gasteiger partial charge on any atom is -0.339 e. The maximum absolute atomic E-state index is 4.87. The molecule has 2 heterocycles. The van der Waals surface area contributed by atoms with Crippen molar-refractivity contribution >= 4 is 28.7 Å². The number of hydrogen-bond donors (Lipinski definition) is 2. The van der Waals surface area contributed by atoms with Crippen LogP contribution in [0.15, 0.2) is 43.1 Å². The molecule has 5 nitrogen and oxygen atoms in total. The second kappa shape index (κ2) is 10.6. The summed E-state index contributed by atoms with van der Waals surface area (Å²) in [6, 6.07) is 11.6. The maximum Gasteiger partial charge on any atom is 0.229 e. The van der Waals surface area contributed by atoms with Gasteiger partial charge in [-0.1, -0.05) is 38.6 Å². The van der Waals surface area contributed by atoms with E-state index < -0.39 is 0 Å². The van der Waals surface area contributed by atoms with Crippen LogP contribution in [-0.4, -0.2) is 27.5 Å². The second-order valence-electron chi connectivity index (χ2n) is 9.89. The highest BCUT2D eigenvalue weighted by Crippen LogP contribution is 2.32. The average molecular weight is 470 g/mol. The fourth-order valence-corrected chi connectivity index (χ4v) is 4.91. The molecular weight excluding hydrogens is 430 g/mol. The smallest absolute Gasteiger partial charge is 0.229 e. The minimum absolute atomic E-state index is 0.571. The van der Waals surface area contributed by atoms with Crippen LogP contribution in [-0.2, 0) is 25.8 Å². The predicted molar refractivity (Wildman–Crippen MR) is 149 cm³/mol. The van der Waals surface area contributed by atoms with E-state index in [2.05, 4.69) is 92.0 Å². The monoisotopic (exact) mass is 469 g/mol. The molecule has 0 fully saturated rings. The van der Waals surface area contributed by atoms with Gasteiger partial charge in [0.1, 0.15) is 5.82 Å². The quantitative estimate of drug-likeness (QED) is 0.365. The van der Waals surface area contributed by atoms with Crippen molar-refractivity contribution in [3.8, 4) is 0 Å². The zero-order valence-electron chi connectivity index (χ0n) is 22.1. The van der Waals surface area contributed by atoms with E-state index in [9.17, 15) is 0 Å². The molecule has 0 amide bonds. The Morgan fingerprint density at radius 2 is 1.83 bits per heavy atom. The Bertz CT molecular complexity index is 1230. The van der Waals surface area contributed by atoms with Gasteiger partial charge in [0.05, 0.1) is 0 Å². The maximum atomic E-state index is 4.87. The Balaban J connectivity index is 1.63. The summed E-state index contributed by atoms with van der Waals surface area (Å²) < 4.78 is 0. The molecule has 0 saturated carbocycles. The lowest BCUT2D eigenvalue weighted by atomic mass is 9.94. The van der Waals surface area contributed by atoms with Crippen LogP contribution in [0, 0.1) is 6.92 Å². The number of rotatable bonds is 8. The zero-order valence-corrected chi connectivity index (χ0v) is 22.1. The van der Waals surface area contributed by atoms with E-state index >= 15 is 0 Å². The number of anilines is 4. The van der Waals surface area contributed by atoms with E-state index in [4.69, 9.17) is 4.98 Å². The lowest BCUT2D eigenvalue weighted by Crippen LogP contribution is -2.36. The Morgan fingerprint density at radius 1 is 1.06 bits per heavy atom.